The Labute approximate surface area is 115 Å². The average Bonchev–Trinajstić information content (AvgIpc) is 3.08. The molecular formula is C13H14N4O3. The summed E-state index contributed by atoms with van der Waals surface area (Å²) in [7, 11) is 0. The number of likely N-dealkylation sites (tertiary alicyclic amines) is 1. The normalized spacial score (nSPS) is 18.2. The molecule has 7 heteroatoms. The van der Waals surface area contributed by atoms with Gasteiger partial charge in [-0.15, -0.1) is 5.10 Å². The van der Waals surface area contributed by atoms with Crippen LogP contribution in [0.2, 0.25) is 0 Å². The third-order valence-electron chi connectivity index (χ3n) is 3.11. The second-order valence-corrected chi connectivity index (χ2v) is 4.66. The zero-order valence-corrected chi connectivity index (χ0v) is 11.0. The van der Waals surface area contributed by atoms with Gasteiger partial charge in [0.05, 0.1) is 6.54 Å². The lowest BCUT2D eigenvalue weighted by Crippen LogP contribution is -2.31. The Balaban J connectivity index is 1.61. The van der Waals surface area contributed by atoms with Gasteiger partial charge in [0.25, 0.3) is 5.91 Å². The van der Waals surface area contributed by atoms with Crippen molar-refractivity contribution in [2.24, 2.45) is 0 Å². The summed E-state index contributed by atoms with van der Waals surface area (Å²) in [6, 6.07) is 5.15. The van der Waals surface area contributed by atoms with Crippen LogP contribution >= 0.6 is 0 Å². The van der Waals surface area contributed by atoms with Gasteiger partial charge in [-0.3, -0.25) is 4.79 Å². The molecule has 0 N–H and O–H groups in total. The van der Waals surface area contributed by atoms with Crippen molar-refractivity contribution in [1.82, 2.24) is 20.3 Å². The van der Waals surface area contributed by atoms with Crippen molar-refractivity contribution in [3.63, 3.8) is 0 Å². The Kier molecular flexibility index (Phi) is 3.32. The maximum Gasteiger partial charge on any atom is 0.276 e. The number of carbonyl (C=O) groups excluding carboxylic acids is 1. The van der Waals surface area contributed by atoms with Crippen LogP contribution in [0, 0.1) is 6.92 Å². The van der Waals surface area contributed by atoms with Crippen LogP contribution in [0.5, 0.6) is 5.88 Å². The SMILES string of the molecule is Cc1cc(C(=O)N2CCC(Oc3cccnn3)C2)no1. The predicted octanol–water partition coefficient (Wildman–Crippen LogP) is 1.07. The van der Waals surface area contributed by atoms with E-state index < -0.39 is 0 Å². The van der Waals surface area contributed by atoms with Crippen LogP contribution in [-0.4, -0.2) is 45.4 Å². The topological polar surface area (TPSA) is 81.4 Å². The minimum absolute atomic E-state index is 0.0661. The predicted molar refractivity (Wildman–Crippen MR) is 68.2 cm³/mol. The Hall–Kier alpha value is -2.44. The maximum absolute atomic E-state index is 12.2. The molecule has 0 spiro atoms. The molecule has 1 saturated heterocycles. The number of aromatic nitrogens is 3. The number of hydrogen-bond acceptors (Lipinski definition) is 6. The summed E-state index contributed by atoms with van der Waals surface area (Å²) < 4.78 is 10.6. The van der Waals surface area contributed by atoms with Crippen LogP contribution in [-0.2, 0) is 0 Å². The van der Waals surface area contributed by atoms with E-state index in [-0.39, 0.29) is 12.0 Å². The second kappa shape index (κ2) is 5.28. The summed E-state index contributed by atoms with van der Waals surface area (Å²) in [6.07, 6.45) is 2.28. The van der Waals surface area contributed by atoms with Crippen LogP contribution in [0.4, 0.5) is 0 Å². The largest absolute Gasteiger partial charge is 0.471 e. The van der Waals surface area contributed by atoms with E-state index in [1.165, 1.54) is 0 Å². The first-order valence-corrected chi connectivity index (χ1v) is 6.39. The number of hydrogen-bond donors (Lipinski definition) is 0. The first-order valence-electron chi connectivity index (χ1n) is 6.39. The van der Waals surface area contributed by atoms with Crippen LogP contribution in [0.15, 0.2) is 28.9 Å². The Bertz CT molecular complexity index is 599. The molecule has 0 saturated carbocycles. The molecule has 1 atom stereocenters. The molecule has 1 amide bonds. The molecule has 3 rings (SSSR count). The maximum atomic E-state index is 12.2. The van der Waals surface area contributed by atoms with Gasteiger partial charge >= 0.3 is 0 Å². The van der Waals surface area contributed by atoms with Gasteiger partial charge in [-0.2, -0.15) is 5.10 Å². The standard InChI is InChI=1S/C13H14N4O3/c1-9-7-11(16-20-9)13(18)17-6-4-10(8-17)19-12-3-2-5-14-15-12/h2-3,5,7,10H,4,6,8H2,1H3. The van der Waals surface area contributed by atoms with Gasteiger partial charge < -0.3 is 14.2 Å². The van der Waals surface area contributed by atoms with Gasteiger partial charge in [-0.1, -0.05) is 5.16 Å². The van der Waals surface area contributed by atoms with E-state index in [0.29, 0.717) is 30.4 Å². The molecular weight excluding hydrogens is 260 g/mol. The van der Waals surface area contributed by atoms with E-state index in [1.807, 2.05) is 0 Å². The van der Waals surface area contributed by atoms with Gasteiger partial charge in [0.15, 0.2) is 5.69 Å². The highest BCUT2D eigenvalue weighted by molar-refractivity contribution is 5.92. The minimum Gasteiger partial charge on any atom is -0.471 e. The summed E-state index contributed by atoms with van der Waals surface area (Å²) in [5.41, 5.74) is 0.336. The Morgan fingerprint density at radius 1 is 1.55 bits per heavy atom. The monoisotopic (exact) mass is 274 g/mol. The van der Waals surface area contributed by atoms with E-state index in [4.69, 9.17) is 9.26 Å². The van der Waals surface area contributed by atoms with Crippen LogP contribution < -0.4 is 4.74 Å². The fourth-order valence-corrected chi connectivity index (χ4v) is 2.16. The van der Waals surface area contributed by atoms with E-state index in [9.17, 15) is 4.79 Å². The molecule has 104 valence electrons. The van der Waals surface area contributed by atoms with Gasteiger partial charge in [0, 0.05) is 31.3 Å². The summed E-state index contributed by atoms with van der Waals surface area (Å²) >= 11 is 0. The third kappa shape index (κ3) is 2.61. The minimum atomic E-state index is -0.132. The van der Waals surface area contributed by atoms with Crippen molar-refractivity contribution in [3.05, 3.63) is 35.9 Å². The third-order valence-corrected chi connectivity index (χ3v) is 3.11. The summed E-state index contributed by atoms with van der Waals surface area (Å²) in [6.45, 7) is 2.91. The summed E-state index contributed by atoms with van der Waals surface area (Å²) in [4.78, 5) is 13.9. The lowest BCUT2D eigenvalue weighted by Gasteiger charge is -2.15. The van der Waals surface area contributed by atoms with Crippen molar-refractivity contribution in [2.45, 2.75) is 19.4 Å². The molecule has 1 fully saturated rings. The molecule has 1 aliphatic rings. The van der Waals surface area contributed by atoms with Gasteiger partial charge in [-0.05, 0) is 13.0 Å². The number of rotatable bonds is 3. The quantitative estimate of drug-likeness (QED) is 0.832. The fraction of sp³-hybridized carbons (Fsp3) is 0.385. The molecule has 1 aliphatic heterocycles. The molecule has 7 nitrogen and oxygen atoms in total. The van der Waals surface area contributed by atoms with Crippen molar-refractivity contribution in [2.75, 3.05) is 13.1 Å². The number of carbonyl (C=O) groups is 1. The average molecular weight is 274 g/mol. The number of nitrogens with zero attached hydrogens (tertiary/aromatic N) is 4. The molecule has 0 radical (unpaired) electrons. The molecule has 0 aromatic carbocycles. The first kappa shape index (κ1) is 12.6. The number of aryl methyl sites for hydroxylation is 1. The lowest BCUT2D eigenvalue weighted by atomic mass is 10.3. The summed E-state index contributed by atoms with van der Waals surface area (Å²) in [5, 5.41) is 11.4. The fourth-order valence-electron chi connectivity index (χ4n) is 2.16. The van der Waals surface area contributed by atoms with E-state index in [2.05, 4.69) is 15.4 Å². The van der Waals surface area contributed by atoms with Crippen LogP contribution in [0.1, 0.15) is 22.7 Å². The van der Waals surface area contributed by atoms with E-state index in [0.717, 1.165) is 6.42 Å². The molecule has 2 aromatic rings. The molecule has 2 aromatic heterocycles. The van der Waals surface area contributed by atoms with Gasteiger partial charge in [-0.25, -0.2) is 0 Å². The Morgan fingerprint density at radius 2 is 2.45 bits per heavy atom. The number of amides is 1. The Morgan fingerprint density at radius 3 is 3.15 bits per heavy atom. The first-order chi connectivity index (χ1) is 9.72. The molecule has 3 heterocycles. The lowest BCUT2D eigenvalue weighted by molar-refractivity contribution is 0.0760. The van der Waals surface area contributed by atoms with Crippen molar-refractivity contribution in [3.8, 4) is 5.88 Å². The highest BCUT2D eigenvalue weighted by Crippen LogP contribution is 2.17. The van der Waals surface area contributed by atoms with E-state index in [1.54, 1.807) is 36.2 Å². The zero-order valence-electron chi connectivity index (χ0n) is 11.0. The highest BCUT2D eigenvalue weighted by atomic mass is 16.5. The van der Waals surface area contributed by atoms with Gasteiger partial charge in [0.1, 0.15) is 11.9 Å². The molecule has 0 bridgehead atoms. The second-order valence-electron chi connectivity index (χ2n) is 4.66. The molecule has 1 unspecified atom stereocenters. The smallest absolute Gasteiger partial charge is 0.276 e. The molecule has 0 aliphatic carbocycles. The zero-order chi connectivity index (χ0) is 13.9. The molecule has 20 heavy (non-hydrogen) atoms. The number of ether oxygens (including phenoxy) is 1. The van der Waals surface area contributed by atoms with Gasteiger partial charge in [0.2, 0.25) is 5.88 Å². The van der Waals surface area contributed by atoms with E-state index >= 15 is 0 Å². The van der Waals surface area contributed by atoms with Crippen LogP contribution in [0.3, 0.4) is 0 Å². The van der Waals surface area contributed by atoms with Crippen molar-refractivity contribution in [1.29, 1.82) is 0 Å². The highest BCUT2D eigenvalue weighted by Gasteiger charge is 2.29. The van der Waals surface area contributed by atoms with Crippen molar-refractivity contribution < 1.29 is 14.1 Å². The summed E-state index contributed by atoms with van der Waals surface area (Å²) in [5.74, 6) is 0.969. The van der Waals surface area contributed by atoms with Crippen molar-refractivity contribution >= 4 is 5.91 Å². The van der Waals surface area contributed by atoms with Crippen LogP contribution in [0.25, 0.3) is 0 Å².